The van der Waals surface area contributed by atoms with Crippen molar-refractivity contribution >= 4 is 23.6 Å². The molecule has 0 spiro atoms. The molecule has 0 saturated heterocycles. The first-order valence-corrected chi connectivity index (χ1v) is 9.31. The Morgan fingerprint density at radius 2 is 1.74 bits per heavy atom. The molecule has 10 nitrogen and oxygen atoms in total. The highest BCUT2D eigenvalue weighted by atomic mass is 16.5. The van der Waals surface area contributed by atoms with Crippen LogP contribution in [0.15, 0.2) is 66.9 Å². The van der Waals surface area contributed by atoms with E-state index in [0.29, 0.717) is 0 Å². The number of para-hydroxylation sites is 2. The molecule has 0 atom stereocenters. The third-order valence-electron chi connectivity index (χ3n) is 4.18. The fourth-order valence-corrected chi connectivity index (χ4v) is 2.77. The number of carbonyl (C=O) groups excluding carboxylic acids is 1. The summed E-state index contributed by atoms with van der Waals surface area (Å²) in [4.78, 5) is 24.9. The SMILES string of the molecule is COc1cn(-c2ccccc2)nc1C(=O)OCc1nc(N)nc(Nc2ccccc2)n1. The summed E-state index contributed by atoms with van der Waals surface area (Å²) in [5, 5.41) is 7.31. The Morgan fingerprint density at radius 3 is 2.45 bits per heavy atom. The number of aromatic nitrogens is 5. The monoisotopic (exact) mass is 417 g/mol. The van der Waals surface area contributed by atoms with Crippen LogP contribution in [0.2, 0.25) is 0 Å². The van der Waals surface area contributed by atoms with E-state index in [4.69, 9.17) is 15.2 Å². The zero-order chi connectivity index (χ0) is 21.6. The highest BCUT2D eigenvalue weighted by Gasteiger charge is 2.20. The van der Waals surface area contributed by atoms with Crippen molar-refractivity contribution < 1.29 is 14.3 Å². The maximum absolute atomic E-state index is 12.6. The molecule has 0 aliphatic heterocycles. The van der Waals surface area contributed by atoms with Gasteiger partial charge in [0.05, 0.1) is 19.0 Å². The number of anilines is 3. The minimum atomic E-state index is -0.678. The largest absolute Gasteiger partial charge is 0.493 e. The fraction of sp³-hybridized carbons (Fsp3) is 0.0952. The molecule has 4 aromatic rings. The normalized spacial score (nSPS) is 10.5. The van der Waals surface area contributed by atoms with Gasteiger partial charge in [-0.1, -0.05) is 36.4 Å². The van der Waals surface area contributed by atoms with Crippen molar-refractivity contribution in [2.45, 2.75) is 6.61 Å². The zero-order valence-corrected chi connectivity index (χ0v) is 16.6. The van der Waals surface area contributed by atoms with Gasteiger partial charge in [-0.2, -0.15) is 20.1 Å². The maximum Gasteiger partial charge on any atom is 0.363 e. The molecule has 0 radical (unpaired) electrons. The van der Waals surface area contributed by atoms with Crippen molar-refractivity contribution in [1.29, 1.82) is 0 Å². The summed E-state index contributed by atoms with van der Waals surface area (Å²) < 4.78 is 12.1. The number of hydrogen-bond donors (Lipinski definition) is 2. The van der Waals surface area contributed by atoms with E-state index in [2.05, 4.69) is 25.4 Å². The Hall–Kier alpha value is -4.47. The van der Waals surface area contributed by atoms with E-state index >= 15 is 0 Å². The Kier molecular flexibility index (Phi) is 5.70. The molecule has 0 aliphatic carbocycles. The standard InChI is InChI=1S/C21H19N7O3/c1-30-16-12-28(15-10-6-3-7-11-15)27-18(16)19(29)31-13-17-24-20(22)26-21(25-17)23-14-8-4-2-5-9-14/h2-12H,13H2,1H3,(H3,22,23,24,25,26). The van der Waals surface area contributed by atoms with Crippen LogP contribution in [0.5, 0.6) is 5.75 Å². The number of methoxy groups -OCH3 is 1. The molecule has 0 amide bonds. The van der Waals surface area contributed by atoms with E-state index in [1.165, 1.54) is 11.8 Å². The lowest BCUT2D eigenvalue weighted by atomic mass is 10.3. The number of carbonyl (C=O) groups is 1. The van der Waals surface area contributed by atoms with Crippen LogP contribution in [0.1, 0.15) is 16.3 Å². The summed E-state index contributed by atoms with van der Waals surface area (Å²) in [5.74, 6) is 0.0559. The molecule has 10 heteroatoms. The summed E-state index contributed by atoms with van der Waals surface area (Å²) in [6.07, 6.45) is 1.61. The lowest BCUT2D eigenvalue weighted by Crippen LogP contribution is -2.12. The van der Waals surface area contributed by atoms with Gasteiger partial charge in [0.2, 0.25) is 17.6 Å². The van der Waals surface area contributed by atoms with Gasteiger partial charge >= 0.3 is 5.97 Å². The molecule has 156 valence electrons. The highest BCUT2D eigenvalue weighted by molar-refractivity contribution is 5.90. The zero-order valence-electron chi connectivity index (χ0n) is 16.6. The number of esters is 1. The topological polar surface area (TPSA) is 130 Å². The number of nitrogen functional groups attached to an aromatic ring is 1. The van der Waals surface area contributed by atoms with Gasteiger partial charge in [-0.05, 0) is 24.3 Å². The van der Waals surface area contributed by atoms with Gasteiger partial charge in [0.25, 0.3) is 0 Å². The molecule has 31 heavy (non-hydrogen) atoms. The lowest BCUT2D eigenvalue weighted by molar-refractivity contribution is 0.0451. The van der Waals surface area contributed by atoms with Crippen LogP contribution in [0.4, 0.5) is 17.6 Å². The maximum atomic E-state index is 12.6. The fourth-order valence-electron chi connectivity index (χ4n) is 2.77. The molecule has 0 saturated carbocycles. The van der Waals surface area contributed by atoms with Crippen molar-refractivity contribution in [2.75, 3.05) is 18.2 Å². The van der Waals surface area contributed by atoms with Gasteiger partial charge in [-0.25, -0.2) is 9.48 Å². The third kappa shape index (κ3) is 4.75. The molecule has 0 bridgehead atoms. The van der Waals surface area contributed by atoms with E-state index in [0.717, 1.165) is 11.4 Å². The number of ether oxygens (including phenoxy) is 2. The summed E-state index contributed by atoms with van der Waals surface area (Å²) in [6, 6.07) is 18.7. The average Bonchev–Trinajstić information content (AvgIpc) is 3.23. The second kappa shape index (κ2) is 8.91. The molecule has 2 aromatic heterocycles. The summed E-state index contributed by atoms with van der Waals surface area (Å²) in [5.41, 5.74) is 7.37. The van der Waals surface area contributed by atoms with Crippen LogP contribution in [-0.2, 0) is 11.3 Å². The quantitative estimate of drug-likeness (QED) is 0.436. The Balaban J connectivity index is 1.48. The van der Waals surface area contributed by atoms with E-state index < -0.39 is 5.97 Å². The number of rotatable bonds is 7. The first-order valence-electron chi connectivity index (χ1n) is 9.31. The first kappa shape index (κ1) is 19.8. The van der Waals surface area contributed by atoms with Crippen LogP contribution in [0.3, 0.4) is 0 Å². The third-order valence-corrected chi connectivity index (χ3v) is 4.18. The molecule has 2 aromatic carbocycles. The number of nitrogens with one attached hydrogen (secondary N) is 1. The second-order valence-electron chi connectivity index (χ2n) is 6.33. The van der Waals surface area contributed by atoms with Gasteiger partial charge < -0.3 is 20.5 Å². The van der Waals surface area contributed by atoms with Crippen molar-refractivity contribution in [3.63, 3.8) is 0 Å². The van der Waals surface area contributed by atoms with Gasteiger partial charge in [-0.3, -0.25) is 0 Å². The second-order valence-corrected chi connectivity index (χ2v) is 6.33. The molecule has 0 aliphatic rings. The lowest BCUT2D eigenvalue weighted by Gasteiger charge is -2.08. The Labute approximate surface area is 177 Å². The summed E-state index contributed by atoms with van der Waals surface area (Å²) >= 11 is 0. The van der Waals surface area contributed by atoms with E-state index in [-0.39, 0.29) is 35.8 Å². The van der Waals surface area contributed by atoms with Gasteiger partial charge in [0.1, 0.15) is 0 Å². The molecule has 3 N–H and O–H groups in total. The predicted molar refractivity (Wildman–Crippen MR) is 113 cm³/mol. The van der Waals surface area contributed by atoms with Crippen molar-refractivity contribution in [3.05, 3.63) is 78.4 Å². The van der Waals surface area contributed by atoms with E-state index in [1.54, 1.807) is 6.20 Å². The predicted octanol–water partition coefficient (Wildman–Crippen LogP) is 2.75. The summed E-state index contributed by atoms with van der Waals surface area (Å²) in [6.45, 7) is -0.212. The minimum Gasteiger partial charge on any atom is -0.493 e. The molecule has 0 unspecified atom stereocenters. The van der Waals surface area contributed by atoms with Crippen LogP contribution in [0.25, 0.3) is 5.69 Å². The molecular weight excluding hydrogens is 398 g/mol. The number of nitrogens with zero attached hydrogens (tertiary/aromatic N) is 5. The van der Waals surface area contributed by atoms with Crippen molar-refractivity contribution in [2.24, 2.45) is 0 Å². The van der Waals surface area contributed by atoms with Crippen LogP contribution < -0.4 is 15.8 Å². The molecule has 4 rings (SSSR count). The molecule has 0 fully saturated rings. The van der Waals surface area contributed by atoms with Gasteiger partial charge in [-0.15, -0.1) is 0 Å². The van der Waals surface area contributed by atoms with E-state index in [1.807, 2.05) is 60.7 Å². The molecule has 2 heterocycles. The van der Waals surface area contributed by atoms with Crippen LogP contribution in [0, 0.1) is 0 Å². The number of hydrogen-bond acceptors (Lipinski definition) is 9. The smallest absolute Gasteiger partial charge is 0.363 e. The van der Waals surface area contributed by atoms with Crippen LogP contribution in [-0.4, -0.2) is 37.8 Å². The van der Waals surface area contributed by atoms with Crippen molar-refractivity contribution in [1.82, 2.24) is 24.7 Å². The minimum absolute atomic E-state index is 0.00501. The number of benzene rings is 2. The van der Waals surface area contributed by atoms with E-state index in [9.17, 15) is 4.79 Å². The van der Waals surface area contributed by atoms with Crippen LogP contribution >= 0.6 is 0 Å². The van der Waals surface area contributed by atoms with Gasteiger partial charge in [0.15, 0.2) is 18.2 Å². The Bertz CT molecular complexity index is 1180. The average molecular weight is 417 g/mol. The highest BCUT2D eigenvalue weighted by Crippen LogP contribution is 2.21. The molecular formula is C21H19N7O3. The first-order chi connectivity index (χ1) is 15.1. The van der Waals surface area contributed by atoms with Crippen molar-refractivity contribution in [3.8, 4) is 11.4 Å². The Morgan fingerprint density at radius 1 is 1.03 bits per heavy atom. The number of nitrogens with two attached hydrogens (primary N) is 1. The summed E-state index contributed by atoms with van der Waals surface area (Å²) in [7, 11) is 1.46. The van der Waals surface area contributed by atoms with Gasteiger partial charge in [0, 0.05) is 5.69 Å².